The van der Waals surface area contributed by atoms with Crippen molar-refractivity contribution in [2.45, 2.75) is 31.1 Å². The zero-order chi connectivity index (χ0) is 19.7. The van der Waals surface area contributed by atoms with Crippen LogP contribution in [0.4, 0.5) is 0 Å². The van der Waals surface area contributed by atoms with Gasteiger partial charge in [0.15, 0.2) is 5.82 Å². The standard InChI is InChI=1S/C19H21N5O3S/c1-14-17(11-15-5-4-8-20-12-15)19(25)24(22-14)18-7-6-16(13-21-18)28(26,27)23-9-2-3-10-23/h4-8,12-13,22H,2-3,9-11H2,1H3. The van der Waals surface area contributed by atoms with Gasteiger partial charge in [-0.3, -0.25) is 14.9 Å². The third-order valence-corrected chi connectivity index (χ3v) is 6.83. The van der Waals surface area contributed by atoms with E-state index in [9.17, 15) is 13.2 Å². The van der Waals surface area contributed by atoms with E-state index in [-0.39, 0.29) is 10.5 Å². The van der Waals surface area contributed by atoms with E-state index in [1.165, 1.54) is 21.3 Å². The molecule has 9 heteroatoms. The second kappa shape index (κ2) is 7.33. The minimum atomic E-state index is -3.53. The van der Waals surface area contributed by atoms with Gasteiger partial charge >= 0.3 is 0 Å². The Kier molecular flexibility index (Phi) is 4.86. The number of aryl methyl sites for hydroxylation is 1. The molecule has 0 aromatic carbocycles. The van der Waals surface area contributed by atoms with Gasteiger partial charge in [0.25, 0.3) is 5.56 Å². The molecule has 4 rings (SSSR count). The molecule has 1 aliphatic heterocycles. The van der Waals surface area contributed by atoms with Gasteiger partial charge in [-0.05, 0) is 43.5 Å². The van der Waals surface area contributed by atoms with E-state index in [0.29, 0.717) is 30.9 Å². The molecule has 1 fully saturated rings. The molecule has 0 unspecified atom stereocenters. The van der Waals surface area contributed by atoms with Crippen molar-refractivity contribution in [3.8, 4) is 5.82 Å². The molecule has 8 nitrogen and oxygen atoms in total. The van der Waals surface area contributed by atoms with Gasteiger partial charge in [0.05, 0.1) is 0 Å². The molecule has 0 bridgehead atoms. The van der Waals surface area contributed by atoms with E-state index in [4.69, 9.17) is 0 Å². The number of aromatic nitrogens is 4. The predicted octanol–water partition coefficient (Wildman–Crippen LogP) is 1.64. The lowest BCUT2D eigenvalue weighted by Gasteiger charge is -2.15. The monoisotopic (exact) mass is 399 g/mol. The van der Waals surface area contributed by atoms with Crippen LogP contribution in [0.15, 0.2) is 52.5 Å². The third kappa shape index (κ3) is 3.38. The summed E-state index contributed by atoms with van der Waals surface area (Å²) in [6, 6.07) is 6.80. The number of hydrogen-bond acceptors (Lipinski definition) is 5. The Labute approximate surface area is 162 Å². The van der Waals surface area contributed by atoms with Crippen molar-refractivity contribution in [3.05, 3.63) is 70.0 Å². The number of sulfonamides is 1. The fourth-order valence-electron chi connectivity index (χ4n) is 3.39. The maximum Gasteiger partial charge on any atom is 0.276 e. The molecular formula is C19H21N5O3S. The average Bonchev–Trinajstić information content (AvgIpc) is 3.34. The first-order chi connectivity index (χ1) is 13.5. The lowest BCUT2D eigenvalue weighted by Crippen LogP contribution is -2.28. The van der Waals surface area contributed by atoms with Crippen LogP contribution in [0, 0.1) is 6.92 Å². The number of nitrogens with zero attached hydrogens (tertiary/aromatic N) is 4. The maximum atomic E-state index is 12.8. The maximum absolute atomic E-state index is 12.8. The van der Waals surface area contributed by atoms with Gasteiger partial charge in [-0.1, -0.05) is 6.07 Å². The second-order valence-electron chi connectivity index (χ2n) is 6.86. The fourth-order valence-corrected chi connectivity index (χ4v) is 4.86. The van der Waals surface area contributed by atoms with E-state index < -0.39 is 10.0 Å². The number of H-pyrrole nitrogens is 1. The molecule has 1 saturated heterocycles. The molecule has 28 heavy (non-hydrogen) atoms. The van der Waals surface area contributed by atoms with Crippen LogP contribution >= 0.6 is 0 Å². The Bertz CT molecular complexity index is 1130. The summed E-state index contributed by atoms with van der Waals surface area (Å²) in [4.78, 5) is 21.3. The third-order valence-electron chi connectivity index (χ3n) is 4.95. The zero-order valence-corrected chi connectivity index (χ0v) is 16.3. The van der Waals surface area contributed by atoms with E-state index >= 15 is 0 Å². The Morgan fingerprint density at radius 2 is 1.93 bits per heavy atom. The molecule has 3 aromatic rings. The Morgan fingerprint density at radius 1 is 1.14 bits per heavy atom. The van der Waals surface area contributed by atoms with Gasteiger partial charge < -0.3 is 0 Å². The highest BCUT2D eigenvalue weighted by Gasteiger charge is 2.27. The Morgan fingerprint density at radius 3 is 2.57 bits per heavy atom. The molecule has 0 radical (unpaired) electrons. The van der Waals surface area contributed by atoms with Crippen LogP contribution < -0.4 is 5.56 Å². The molecular weight excluding hydrogens is 378 g/mol. The van der Waals surface area contributed by atoms with Gasteiger partial charge in [0.2, 0.25) is 10.0 Å². The minimum Gasteiger partial charge on any atom is -0.294 e. The highest BCUT2D eigenvalue weighted by molar-refractivity contribution is 7.89. The van der Waals surface area contributed by atoms with Crippen LogP contribution in [-0.4, -0.2) is 45.6 Å². The van der Waals surface area contributed by atoms with Gasteiger partial charge in [0, 0.05) is 49.4 Å². The van der Waals surface area contributed by atoms with Gasteiger partial charge in [-0.2, -0.15) is 4.31 Å². The van der Waals surface area contributed by atoms with E-state index in [1.54, 1.807) is 18.5 Å². The number of nitrogens with one attached hydrogen (secondary N) is 1. The molecule has 0 aliphatic carbocycles. The summed E-state index contributed by atoms with van der Waals surface area (Å²) in [5, 5.41) is 3.02. The highest BCUT2D eigenvalue weighted by atomic mass is 32.2. The highest BCUT2D eigenvalue weighted by Crippen LogP contribution is 2.20. The van der Waals surface area contributed by atoms with E-state index in [0.717, 1.165) is 24.1 Å². The average molecular weight is 399 g/mol. The van der Waals surface area contributed by atoms with Crippen molar-refractivity contribution >= 4 is 10.0 Å². The molecule has 0 amide bonds. The SMILES string of the molecule is Cc1[nH]n(-c2ccc(S(=O)(=O)N3CCCC3)cn2)c(=O)c1Cc1cccnc1. The lowest BCUT2D eigenvalue weighted by molar-refractivity contribution is 0.477. The van der Waals surface area contributed by atoms with Crippen LogP contribution in [-0.2, 0) is 16.4 Å². The number of hydrogen-bond donors (Lipinski definition) is 1. The van der Waals surface area contributed by atoms with Crippen LogP contribution in [0.2, 0.25) is 0 Å². The topological polar surface area (TPSA) is 101 Å². The van der Waals surface area contributed by atoms with Gasteiger partial charge in [0.1, 0.15) is 4.90 Å². The van der Waals surface area contributed by atoms with E-state index in [2.05, 4.69) is 15.1 Å². The molecule has 4 heterocycles. The van der Waals surface area contributed by atoms with Gasteiger partial charge in [-0.25, -0.2) is 18.1 Å². The molecule has 0 spiro atoms. The van der Waals surface area contributed by atoms with Crippen molar-refractivity contribution in [1.82, 2.24) is 24.1 Å². The summed E-state index contributed by atoms with van der Waals surface area (Å²) < 4.78 is 28.0. The van der Waals surface area contributed by atoms with Gasteiger partial charge in [-0.15, -0.1) is 0 Å². The summed E-state index contributed by atoms with van der Waals surface area (Å²) in [7, 11) is -3.53. The number of rotatable bonds is 5. The summed E-state index contributed by atoms with van der Waals surface area (Å²) in [5.41, 5.74) is 2.10. The summed E-state index contributed by atoms with van der Waals surface area (Å²) >= 11 is 0. The predicted molar refractivity (Wildman–Crippen MR) is 104 cm³/mol. The molecule has 1 aliphatic rings. The van der Waals surface area contributed by atoms with Crippen molar-refractivity contribution in [2.75, 3.05) is 13.1 Å². The first-order valence-corrected chi connectivity index (χ1v) is 10.6. The Balaban J connectivity index is 1.63. The second-order valence-corrected chi connectivity index (χ2v) is 8.80. The number of pyridine rings is 2. The Hall–Kier alpha value is -2.78. The quantitative estimate of drug-likeness (QED) is 0.703. The molecule has 0 atom stereocenters. The molecule has 1 N–H and O–H groups in total. The van der Waals surface area contributed by atoms with E-state index in [1.807, 2.05) is 19.1 Å². The summed E-state index contributed by atoms with van der Waals surface area (Å²) in [6.45, 7) is 2.91. The van der Waals surface area contributed by atoms with Crippen molar-refractivity contribution < 1.29 is 8.42 Å². The first kappa shape index (κ1) is 18.6. The van der Waals surface area contributed by atoms with Crippen LogP contribution in [0.5, 0.6) is 0 Å². The van der Waals surface area contributed by atoms with Crippen LogP contribution in [0.3, 0.4) is 0 Å². The molecule has 0 saturated carbocycles. The molecule has 3 aromatic heterocycles. The normalized spacial score (nSPS) is 15.2. The zero-order valence-electron chi connectivity index (χ0n) is 15.5. The van der Waals surface area contributed by atoms with Crippen LogP contribution in [0.1, 0.15) is 29.7 Å². The van der Waals surface area contributed by atoms with Crippen LogP contribution in [0.25, 0.3) is 5.82 Å². The molecule has 146 valence electrons. The smallest absolute Gasteiger partial charge is 0.276 e. The first-order valence-electron chi connectivity index (χ1n) is 9.13. The van der Waals surface area contributed by atoms with Crippen molar-refractivity contribution in [3.63, 3.8) is 0 Å². The summed E-state index contributed by atoms with van der Waals surface area (Å²) in [5.74, 6) is 0.353. The largest absolute Gasteiger partial charge is 0.294 e. The fraction of sp³-hybridized carbons (Fsp3) is 0.316. The summed E-state index contributed by atoms with van der Waals surface area (Å²) in [6.07, 6.45) is 6.94. The van der Waals surface area contributed by atoms with Crippen molar-refractivity contribution in [1.29, 1.82) is 0 Å². The lowest BCUT2D eigenvalue weighted by atomic mass is 10.1. The number of aromatic amines is 1. The minimum absolute atomic E-state index is 0.144. The van der Waals surface area contributed by atoms with Crippen molar-refractivity contribution in [2.24, 2.45) is 0 Å².